The van der Waals surface area contributed by atoms with E-state index in [1.54, 1.807) is 0 Å². The van der Waals surface area contributed by atoms with Gasteiger partial charge < -0.3 is 0 Å². The second kappa shape index (κ2) is 11.0. The fourth-order valence-electron chi connectivity index (χ4n) is 7.07. The van der Waals surface area contributed by atoms with Gasteiger partial charge in [-0.15, -0.1) is 22.7 Å². The first kappa shape index (κ1) is 27.4. The van der Waals surface area contributed by atoms with Gasteiger partial charge in [0.15, 0.2) is 5.82 Å². The molecule has 0 aliphatic carbocycles. The summed E-state index contributed by atoms with van der Waals surface area (Å²) in [5.74, 6) is 0.727. The number of hydrogen-bond donors (Lipinski definition) is 0. The summed E-state index contributed by atoms with van der Waals surface area (Å²) in [5, 5.41) is 7.51. The van der Waals surface area contributed by atoms with E-state index in [-0.39, 0.29) is 0 Å². The van der Waals surface area contributed by atoms with E-state index in [1.807, 2.05) is 22.7 Å². The van der Waals surface area contributed by atoms with Crippen molar-refractivity contribution in [2.75, 3.05) is 0 Å². The molecule has 7 aromatic carbocycles. The maximum absolute atomic E-state index is 5.36. The second-order valence-corrected chi connectivity index (χ2v) is 14.3. The molecule has 2 nitrogen and oxygen atoms in total. The van der Waals surface area contributed by atoms with E-state index in [9.17, 15) is 0 Å². The molecule has 0 unspecified atom stereocenters. The van der Waals surface area contributed by atoms with Gasteiger partial charge in [-0.1, -0.05) is 121 Å². The standard InChI is InChI=1S/C44H26N2S2/c1-2-13-29-27(11-1)12-9-18-30(29)31-14-3-4-15-32(31)38-26-39(36-20-10-19-35-33-16-5-8-22-41(33)48-43(35)36)46-44(45-38)28-23-24-42-37(25-28)34-17-6-7-21-40(34)47-42/h1-26H. The van der Waals surface area contributed by atoms with Gasteiger partial charge in [0.2, 0.25) is 0 Å². The predicted molar refractivity (Wildman–Crippen MR) is 207 cm³/mol. The van der Waals surface area contributed by atoms with Crippen LogP contribution in [0.5, 0.6) is 0 Å². The van der Waals surface area contributed by atoms with Crippen LogP contribution in [0.25, 0.3) is 96.1 Å². The van der Waals surface area contributed by atoms with Gasteiger partial charge in [-0.3, -0.25) is 0 Å². The van der Waals surface area contributed by atoms with E-state index in [0.29, 0.717) is 0 Å². The number of fused-ring (bicyclic) bond motifs is 7. The summed E-state index contributed by atoms with van der Waals surface area (Å²) in [5.41, 5.74) is 7.42. The smallest absolute Gasteiger partial charge is 0.160 e. The maximum atomic E-state index is 5.36. The minimum atomic E-state index is 0.727. The predicted octanol–water partition coefficient (Wildman–Crippen LogP) is 13.0. The lowest BCUT2D eigenvalue weighted by atomic mass is 9.93. The Morgan fingerprint density at radius 3 is 1.77 bits per heavy atom. The number of benzene rings is 7. The first-order valence-corrected chi connectivity index (χ1v) is 17.7. The molecule has 10 rings (SSSR count). The van der Waals surface area contributed by atoms with E-state index in [0.717, 1.165) is 39.5 Å². The Morgan fingerprint density at radius 1 is 0.354 bits per heavy atom. The van der Waals surface area contributed by atoms with Crippen LogP contribution < -0.4 is 0 Å². The van der Waals surface area contributed by atoms with Gasteiger partial charge in [-0.25, -0.2) is 9.97 Å². The van der Waals surface area contributed by atoms with E-state index in [4.69, 9.17) is 9.97 Å². The molecule has 0 fully saturated rings. The van der Waals surface area contributed by atoms with Crippen LogP contribution >= 0.6 is 22.7 Å². The summed E-state index contributed by atoms with van der Waals surface area (Å²) in [4.78, 5) is 10.7. The highest BCUT2D eigenvalue weighted by molar-refractivity contribution is 7.26. The molecule has 0 amide bonds. The van der Waals surface area contributed by atoms with E-state index < -0.39 is 0 Å². The lowest BCUT2D eigenvalue weighted by Gasteiger charge is -2.15. The Kier molecular flexibility index (Phi) is 6.26. The topological polar surface area (TPSA) is 25.8 Å². The Bertz CT molecular complexity index is 2850. The van der Waals surface area contributed by atoms with Crippen molar-refractivity contribution in [2.24, 2.45) is 0 Å². The molecule has 0 spiro atoms. The van der Waals surface area contributed by atoms with Crippen molar-refractivity contribution < 1.29 is 0 Å². The Hall–Kier alpha value is -5.68. The minimum absolute atomic E-state index is 0.727. The fourth-order valence-corrected chi connectivity index (χ4v) is 9.38. The molecule has 3 heterocycles. The lowest BCUT2D eigenvalue weighted by molar-refractivity contribution is 1.19. The first-order valence-electron chi connectivity index (χ1n) is 16.1. The molecule has 48 heavy (non-hydrogen) atoms. The van der Waals surface area contributed by atoms with Crippen LogP contribution in [0.2, 0.25) is 0 Å². The minimum Gasteiger partial charge on any atom is -0.228 e. The van der Waals surface area contributed by atoms with Crippen LogP contribution in [-0.4, -0.2) is 9.97 Å². The molecule has 0 saturated heterocycles. The zero-order valence-electron chi connectivity index (χ0n) is 25.7. The molecule has 0 radical (unpaired) electrons. The molecular weight excluding hydrogens is 621 g/mol. The number of thiophene rings is 2. The monoisotopic (exact) mass is 646 g/mol. The van der Waals surface area contributed by atoms with Crippen LogP contribution in [0.4, 0.5) is 0 Å². The van der Waals surface area contributed by atoms with E-state index >= 15 is 0 Å². The Labute approximate surface area is 285 Å². The van der Waals surface area contributed by atoms with Crippen molar-refractivity contribution >= 4 is 73.8 Å². The van der Waals surface area contributed by atoms with Gasteiger partial charge in [-0.05, 0) is 58.3 Å². The summed E-state index contributed by atoms with van der Waals surface area (Å²) in [6.07, 6.45) is 0. The lowest BCUT2D eigenvalue weighted by Crippen LogP contribution is -1.97. The van der Waals surface area contributed by atoms with Crippen molar-refractivity contribution in [1.82, 2.24) is 9.97 Å². The van der Waals surface area contributed by atoms with E-state index in [2.05, 4.69) is 158 Å². The third kappa shape index (κ3) is 4.38. The zero-order valence-corrected chi connectivity index (χ0v) is 27.4. The maximum Gasteiger partial charge on any atom is 0.160 e. The molecule has 10 aromatic rings. The van der Waals surface area contributed by atoms with E-state index in [1.165, 1.54) is 56.7 Å². The Morgan fingerprint density at radius 2 is 0.917 bits per heavy atom. The van der Waals surface area contributed by atoms with Crippen molar-refractivity contribution in [3.63, 3.8) is 0 Å². The zero-order chi connectivity index (χ0) is 31.6. The van der Waals surface area contributed by atoms with Crippen molar-refractivity contribution in [3.8, 4) is 45.0 Å². The summed E-state index contributed by atoms with van der Waals surface area (Å²) in [6.45, 7) is 0. The Balaban J connectivity index is 1.25. The largest absolute Gasteiger partial charge is 0.228 e. The highest BCUT2D eigenvalue weighted by Crippen LogP contribution is 2.42. The van der Waals surface area contributed by atoms with Gasteiger partial charge in [0.05, 0.1) is 11.4 Å². The van der Waals surface area contributed by atoms with Gasteiger partial charge in [-0.2, -0.15) is 0 Å². The van der Waals surface area contributed by atoms with Crippen LogP contribution in [0.1, 0.15) is 0 Å². The molecule has 0 atom stereocenters. The molecule has 0 aliphatic rings. The highest BCUT2D eigenvalue weighted by Gasteiger charge is 2.18. The summed E-state index contributed by atoms with van der Waals surface area (Å²) >= 11 is 3.66. The average Bonchev–Trinajstić information content (AvgIpc) is 3.72. The third-order valence-corrected chi connectivity index (χ3v) is 11.7. The molecule has 4 heteroatoms. The molecule has 224 valence electrons. The molecule has 0 N–H and O–H groups in total. The number of nitrogens with zero attached hydrogens (tertiary/aromatic N) is 2. The molecular formula is C44H26N2S2. The normalized spacial score (nSPS) is 11.8. The summed E-state index contributed by atoms with van der Waals surface area (Å²) in [7, 11) is 0. The van der Waals surface area contributed by atoms with Gasteiger partial charge in [0, 0.05) is 57.0 Å². The van der Waals surface area contributed by atoms with Crippen molar-refractivity contribution in [3.05, 3.63) is 158 Å². The molecule has 3 aromatic heterocycles. The van der Waals surface area contributed by atoms with Crippen LogP contribution in [0, 0.1) is 0 Å². The number of aromatic nitrogens is 2. The fraction of sp³-hybridized carbons (Fsp3) is 0. The van der Waals surface area contributed by atoms with Gasteiger partial charge >= 0.3 is 0 Å². The average molecular weight is 647 g/mol. The highest BCUT2D eigenvalue weighted by atomic mass is 32.1. The van der Waals surface area contributed by atoms with Crippen LogP contribution in [0.3, 0.4) is 0 Å². The molecule has 0 aliphatic heterocycles. The number of hydrogen-bond acceptors (Lipinski definition) is 4. The summed E-state index contributed by atoms with van der Waals surface area (Å²) in [6, 6.07) is 56.6. The van der Waals surface area contributed by atoms with Crippen molar-refractivity contribution in [2.45, 2.75) is 0 Å². The third-order valence-electron chi connectivity index (χ3n) is 9.32. The van der Waals surface area contributed by atoms with Crippen LogP contribution in [-0.2, 0) is 0 Å². The SMILES string of the molecule is c1ccc(-c2cccc3ccccc23)c(-c2cc(-c3cccc4c3sc3ccccc34)nc(-c3ccc4sc5ccccc5c4c3)n2)c1. The quantitative estimate of drug-likeness (QED) is 0.190. The van der Waals surface area contributed by atoms with Gasteiger partial charge in [0.25, 0.3) is 0 Å². The summed E-state index contributed by atoms with van der Waals surface area (Å²) < 4.78 is 5.09. The molecule has 0 saturated carbocycles. The van der Waals surface area contributed by atoms with Crippen LogP contribution in [0.15, 0.2) is 158 Å². The van der Waals surface area contributed by atoms with Gasteiger partial charge in [0.1, 0.15) is 0 Å². The first-order chi connectivity index (χ1) is 23.8. The van der Waals surface area contributed by atoms with Crippen molar-refractivity contribution in [1.29, 1.82) is 0 Å². The second-order valence-electron chi connectivity index (χ2n) is 12.1. The number of rotatable bonds is 4. The molecule has 0 bridgehead atoms.